The molecule has 13 aliphatic carbocycles. The number of nitriles is 2. The van der Waals surface area contributed by atoms with Crippen LogP contribution in [0.25, 0.3) is 205 Å². The van der Waals surface area contributed by atoms with Gasteiger partial charge in [-0.1, -0.05) is 0 Å². The Morgan fingerprint density at radius 3 is 0.843 bits per heavy atom. The molecule has 2 nitrogen and oxygen atoms in total. The molecule has 0 aromatic heterocycles. The van der Waals surface area contributed by atoms with Crippen molar-refractivity contribution in [2.24, 2.45) is 10.8 Å². The van der Waals surface area contributed by atoms with Gasteiger partial charge in [0, 0.05) is 58.2 Å². The lowest BCUT2D eigenvalue weighted by atomic mass is 9.33. The highest BCUT2D eigenvalue weighted by Crippen LogP contribution is 2.94. The van der Waals surface area contributed by atoms with Crippen molar-refractivity contribution < 1.29 is 0 Å². The molecule has 32 rings (SSSR count). The van der Waals surface area contributed by atoms with Crippen molar-refractivity contribution in [3.8, 4) is 12.1 Å². The number of rotatable bonds is 2. The third-order valence-electron chi connectivity index (χ3n) is 28.0. The van der Waals surface area contributed by atoms with Crippen molar-refractivity contribution in [1.29, 1.82) is 10.5 Å². The second-order valence-corrected chi connectivity index (χ2v) is 28.3. The molecule has 19 aromatic carbocycles. The topological polar surface area (TPSA) is 47.6 Å². The molecular weight excluding hydrogens is 845 g/mol. The molecule has 0 spiro atoms. The van der Waals surface area contributed by atoms with Crippen LogP contribution >= 0.6 is 0 Å². The first-order valence-electron chi connectivity index (χ1n) is 26.9. The highest BCUT2D eigenvalue weighted by molar-refractivity contribution is 6.69. The summed E-state index contributed by atoms with van der Waals surface area (Å²) >= 11 is 0. The van der Waals surface area contributed by atoms with Crippen LogP contribution in [0.4, 0.5) is 0 Å². The lowest BCUT2D eigenvalue weighted by molar-refractivity contribution is -0.00550. The van der Waals surface area contributed by atoms with E-state index in [1.165, 1.54) is 0 Å². The van der Waals surface area contributed by atoms with Crippen molar-refractivity contribution in [3.05, 3.63) is 66.8 Å². The fourth-order valence-electron chi connectivity index (χ4n) is 28.2. The molecule has 8 unspecified atom stereocenters. The molecule has 0 bridgehead atoms. The molecule has 70 heavy (non-hydrogen) atoms. The predicted octanol–water partition coefficient (Wildman–Crippen LogP) is 16.7. The normalized spacial score (nSPS) is 32.4. The lowest BCUT2D eigenvalue weighted by Gasteiger charge is -2.67. The van der Waals surface area contributed by atoms with Crippen LogP contribution in [-0.4, -0.2) is 0 Å². The van der Waals surface area contributed by atoms with E-state index in [4.69, 9.17) is 0 Å². The summed E-state index contributed by atoms with van der Waals surface area (Å²) in [5.74, 6) is 2.11. The van der Waals surface area contributed by atoms with Gasteiger partial charge in [0.15, 0.2) is 0 Å². The minimum atomic E-state index is -0.701. The molecule has 0 amide bonds. The summed E-state index contributed by atoms with van der Waals surface area (Å²) in [6.45, 7) is 9.72. The van der Waals surface area contributed by atoms with Crippen LogP contribution in [0.15, 0.2) is 0 Å². The third kappa shape index (κ3) is 1.42. The summed E-state index contributed by atoms with van der Waals surface area (Å²) < 4.78 is 0. The van der Waals surface area contributed by atoms with E-state index in [0.29, 0.717) is 23.7 Å². The Kier molecular flexibility index (Phi) is 2.39. The van der Waals surface area contributed by atoms with E-state index in [1.807, 2.05) is 0 Å². The molecule has 10 atom stereocenters. The Bertz CT molecular complexity index is 6690. The minimum Gasteiger partial charge on any atom is -0.198 e. The average molecular weight is 865 g/mol. The van der Waals surface area contributed by atoms with Crippen molar-refractivity contribution in [2.45, 2.75) is 85.9 Å². The van der Waals surface area contributed by atoms with Gasteiger partial charge >= 0.3 is 0 Å². The summed E-state index contributed by atoms with van der Waals surface area (Å²) in [5, 5.41) is 87.4. The molecule has 0 saturated heterocycles. The van der Waals surface area contributed by atoms with Crippen LogP contribution < -0.4 is 0 Å². The SMILES string of the molecule is CC(C)(C#N)[C@]12c3c4c5c6c7c8c9c%10c%11c%12c%13c%14c(c%15c3c3c%16c%17c%18c%19c%20c%21c%22c%23c%24c%25c%26c%27c%28c%29c(c%17C(C%28%25)C%18C%21%24)c(c%14c%29c%12c%27c%11c%11c9c(c7c%22c6c%20c4c%193)c%23c%26%11)c%15%16)C1C%13[C@]%10(C(C)(C)C#N)C8C52. The summed E-state index contributed by atoms with van der Waals surface area (Å²) in [6.07, 6.45) is 0. The van der Waals surface area contributed by atoms with Crippen LogP contribution in [0.3, 0.4) is 0 Å². The molecule has 0 N–H and O–H groups in total. The van der Waals surface area contributed by atoms with Crippen LogP contribution in [0, 0.1) is 33.5 Å². The Balaban J connectivity index is 1.19. The summed E-state index contributed by atoms with van der Waals surface area (Å²) in [7, 11) is 0. The molecule has 19 aromatic rings. The van der Waals surface area contributed by atoms with Crippen molar-refractivity contribution in [2.75, 3.05) is 0 Å². The van der Waals surface area contributed by atoms with Gasteiger partial charge in [-0.3, -0.25) is 0 Å². The fourth-order valence-corrected chi connectivity index (χ4v) is 28.2. The summed E-state index contributed by atoms with van der Waals surface area (Å²) in [4.78, 5) is 0. The molecule has 2 heteroatoms. The smallest absolute Gasteiger partial charge is 0.0693 e. The highest BCUT2D eigenvalue weighted by atomic mass is 14.8. The van der Waals surface area contributed by atoms with Crippen molar-refractivity contribution in [1.82, 2.24) is 0 Å². The van der Waals surface area contributed by atoms with Gasteiger partial charge in [-0.2, -0.15) is 10.5 Å². The Hall–Kier alpha value is -7.52. The number of benzene rings is 13. The van der Waals surface area contributed by atoms with Gasteiger partial charge < -0.3 is 0 Å². The predicted molar refractivity (Wildman–Crippen MR) is 280 cm³/mol. The highest BCUT2D eigenvalue weighted by Gasteiger charge is 2.83. The molecule has 1 fully saturated rings. The van der Waals surface area contributed by atoms with Crippen LogP contribution in [0.1, 0.15) is 142 Å². The Morgan fingerprint density at radius 1 is 0.257 bits per heavy atom. The first-order chi connectivity index (χ1) is 34.4. The molecule has 13 aliphatic rings. The quantitative estimate of drug-likeness (QED) is 0.163. The molecule has 0 aliphatic heterocycles. The average Bonchev–Trinajstić information content (AvgIpc) is 4.26. The Morgan fingerprint density at radius 2 is 0.486 bits per heavy atom. The van der Waals surface area contributed by atoms with E-state index in [9.17, 15) is 10.5 Å². The zero-order valence-electron chi connectivity index (χ0n) is 37.5. The van der Waals surface area contributed by atoms with E-state index < -0.39 is 21.7 Å². The fraction of sp³-hybridized carbons (Fsp3) is 0.235. The maximum Gasteiger partial charge on any atom is 0.0693 e. The van der Waals surface area contributed by atoms with Gasteiger partial charge in [-0.15, -0.1) is 0 Å². The summed E-state index contributed by atoms with van der Waals surface area (Å²) in [6, 6.07) is 6.63. The van der Waals surface area contributed by atoms with Gasteiger partial charge in [-0.05, 0) is 299 Å². The van der Waals surface area contributed by atoms with Gasteiger partial charge in [0.2, 0.25) is 0 Å². The number of nitrogens with zero attached hydrogens (tertiary/aromatic N) is 2. The maximum absolute atomic E-state index is 12.5. The minimum absolute atomic E-state index is 0.0935. The first kappa shape index (κ1) is 27.6. The second-order valence-electron chi connectivity index (χ2n) is 28.3. The second kappa shape index (κ2) is 6.07. The van der Waals surface area contributed by atoms with Crippen LogP contribution in [0.2, 0.25) is 0 Å². The Labute approximate surface area is 388 Å². The van der Waals surface area contributed by atoms with Crippen LogP contribution in [0.5, 0.6) is 0 Å². The van der Waals surface area contributed by atoms with Gasteiger partial charge in [0.05, 0.1) is 23.0 Å². The number of hydrogen-bond acceptors (Lipinski definition) is 2. The maximum atomic E-state index is 12.5. The van der Waals surface area contributed by atoms with E-state index in [0.717, 1.165) is 0 Å². The lowest BCUT2D eigenvalue weighted by Crippen LogP contribution is -2.64. The largest absolute Gasteiger partial charge is 0.198 e. The zero-order chi connectivity index (χ0) is 42.9. The van der Waals surface area contributed by atoms with Gasteiger partial charge in [-0.25, -0.2) is 0 Å². The van der Waals surface area contributed by atoms with E-state index in [-0.39, 0.29) is 23.7 Å². The van der Waals surface area contributed by atoms with Crippen molar-refractivity contribution in [3.63, 3.8) is 0 Å². The van der Waals surface area contributed by atoms with E-state index in [2.05, 4.69) is 39.8 Å². The summed E-state index contributed by atoms with van der Waals surface area (Å²) in [5.41, 5.74) is 18.2. The standard InChI is InChI=1S/C68H20N2/c1-65(2,5-69)67-59-51-42-35-22-15-9-10-12-8-7-11(9)20(22)26-24-13(7)17-14(8)25-27-21(12)23-16(10)19-18(15)29-37-30(19)39-36(23)43-41(27)45-32(25)34-28(17)33-31(24)44(40(26)42)55(59)57-46(33)47(34)58-56(45)60-52(43)49(39)54-50(37)53(48(51)38(29)35)61(67)62(54)68(60,64(58)63(57)67)66(3,4)6-70/h7,9-11,61-64H,1-4H3/t7?,9?,10?,11?,61?,62?,63?,64?,67-,68+/m1/s1. The van der Waals surface area contributed by atoms with Crippen LogP contribution in [-0.2, 0) is 10.8 Å². The molecule has 1 saturated carbocycles. The first-order valence-corrected chi connectivity index (χ1v) is 26.9. The van der Waals surface area contributed by atoms with Gasteiger partial charge in [0.25, 0.3) is 0 Å². The van der Waals surface area contributed by atoms with Crippen molar-refractivity contribution >= 4 is 205 Å². The monoisotopic (exact) mass is 864 g/mol. The molecule has 0 heterocycles. The van der Waals surface area contributed by atoms with E-state index in [1.54, 1.807) is 271 Å². The number of hydrogen-bond donors (Lipinski definition) is 0. The van der Waals surface area contributed by atoms with E-state index >= 15 is 0 Å². The molecular formula is C68H20N2. The zero-order valence-corrected chi connectivity index (χ0v) is 37.5. The third-order valence-corrected chi connectivity index (χ3v) is 28.0. The molecule has 0 radical (unpaired) electrons. The molecule has 302 valence electrons. The van der Waals surface area contributed by atoms with Gasteiger partial charge in [0.1, 0.15) is 0 Å².